The fourth-order valence-corrected chi connectivity index (χ4v) is 2.94. The van der Waals surface area contributed by atoms with Gasteiger partial charge in [0.15, 0.2) is 0 Å². The number of hydrogen-bond acceptors (Lipinski definition) is 6. The number of ether oxygens (including phenoxy) is 4. The second-order valence-corrected chi connectivity index (χ2v) is 6.98. The van der Waals surface area contributed by atoms with E-state index in [9.17, 15) is 4.79 Å². The Kier molecular flexibility index (Phi) is 9.90. The van der Waals surface area contributed by atoms with Gasteiger partial charge in [0.05, 0.1) is 18.8 Å². The van der Waals surface area contributed by atoms with Crippen molar-refractivity contribution in [2.45, 2.75) is 6.92 Å². The largest absolute Gasteiger partial charge is 0.491 e. The smallest absolute Gasteiger partial charge is 0.243 e. The first-order valence-electron chi connectivity index (χ1n) is 11.0. The summed E-state index contributed by atoms with van der Waals surface area (Å²) in [6.45, 7) is 4.56. The van der Waals surface area contributed by atoms with Crippen LogP contribution < -0.4 is 24.8 Å². The molecule has 0 aliphatic carbocycles. The van der Waals surface area contributed by atoms with Gasteiger partial charge in [-0.1, -0.05) is 30.3 Å². The molecule has 0 saturated heterocycles. The van der Waals surface area contributed by atoms with Gasteiger partial charge in [-0.2, -0.15) is 0 Å². The Morgan fingerprint density at radius 3 is 2.12 bits per heavy atom. The van der Waals surface area contributed by atoms with Gasteiger partial charge in [-0.15, -0.1) is 0 Å². The van der Waals surface area contributed by atoms with Crippen LogP contribution in [0.25, 0.3) is 0 Å². The molecule has 0 atom stereocenters. The summed E-state index contributed by atoms with van der Waals surface area (Å²) in [7, 11) is 0. The minimum absolute atomic E-state index is 0.105. The highest BCUT2D eigenvalue weighted by molar-refractivity contribution is 5.94. The molecule has 0 aromatic heterocycles. The summed E-state index contributed by atoms with van der Waals surface area (Å²) >= 11 is 0. The van der Waals surface area contributed by atoms with Crippen molar-refractivity contribution in [1.29, 1.82) is 0 Å². The monoisotopic (exact) mass is 450 g/mol. The molecule has 7 heteroatoms. The number of anilines is 2. The van der Waals surface area contributed by atoms with Gasteiger partial charge >= 0.3 is 0 Å². The summed E-state index contributed by atoms with van der Waals surface area (Å²) in [6, 6.07) is 24.3. The molecule has 0 saturated carbocycles. The van der Waals surface area contributed by atoms with Crippen molar-refractivity contribution in [1.82, 2.24) is 0 Å². The Hall–Kier alpha value is -3.71. The van der Waals surface area contributed by atoms with Crippen molar-refractivity contribution in [3.05, 3.63) is 78.9 Å². The van der Waals surface area contributed by atoms with Gasteiger partial charge in [-0.05, 0) is 55.5 Å². The topological polar surface area (TPSA) is 78.1 Å². The van der Waals surface area contributed by atoms with Gasteiger partial charge < -0.3 is 29.6 Å². The van der Waals surface area contributed by atoms with Crippen molar-refractivity contribution >= 4 is 17.3 Å². The zero-order chi connectivity index (χ0) is 23.1. The van der Waals surface area contributed by atoms with Gasteiger partial charge in [0, 0.05) is 12.3 Å². The SMILES string of the molecule is CCOCCOc1ccc(NC(=O)CNc2ccccc2OCCOc2ccccc2)cc1. The fourth-order valence-electron chi connectivity index (χ4n) is 2.94. The Balaban J connectivity index is 1.40. The molecule has 174 valence electrons. The minimum atomic E-state index is -0.165. The molecule has 0 unspecified atom stereocenters. The molecule has 0 aliphatic rings. The number of rotatable bonds is 14. The Morgan fingerprint density at radius 1 is 0.727 bits per heavy atom. The molecular formula is C26H30N2O5. The number of carbonyl (C=O) groups excluding carboxylic acids is 1. The van der Waals surface area contributed by atoms with Crippen molar-refractivity contribution in [3.63, 3.8) is 0 Å². The third kappa shape index (κ3) is 8.74. The van der Waals surface area contributed by atoms with Gasteiger partial charge in [0.2, 0.25) is 5.91 Å². The second-order valence-electron chi connectivity index (χ2n) is 6.98. The highest BCUT2D eigenvalue weighted by atomic mass is 16.5. The zero-order valence-electron chi connectivity index (χ0n) is 18.8. The van der Waals surface area contributed by atoms with E-state index in [1.54, 1.807) is 12.1 Å². The summed E-state index contributed by atoms with van der Waals surface area (Å²) < 4.78 is 22.3. The zero-order valence-corrected chi connectivity index (χ0v) is 18.8. The van der Waals surface area contributed by atoms with Crippen LogP contribution in [0.2, 0.25) is 0 Å². The number of amides is 1. The molecule has 3 aromatic carbocycles. The van der Waals surface area contributed by atoms with Crippen LogP contribution >= 0.6 is 0 Å². The van der Waals surface area contributed by atoms with E-state index < -0.39 is 0 Å². The molecule has 0 spiro atoms. The summed E-state index contributed by atoms with van der Waals surface area (Å²) in [5.41, 5.74) is 1.44. The molecular weight excluding hydrogens is 420 g/mol. The molecule has 0 fully saturated rings. The molecule has 1 amide bonds. The van der Waals surface area contributed by atoms with Crippen molar-refractivity contribution in [2.75, 3.05) is 50.2 Å². The summed E-state index contributed by atoms with van der Waals surface area (Å²) in [5.74, 6) is 2.03. The Labute approximate surface area is 194 Å². The molecule has 3 rings (SSSR count). The lowest BCUT2D eigenvalue weighted by atomic mass is 10.3. The number of carbonyl (C=O) groups is 1. The molecule has 0 heterocycles. The third-order valence-corrected chi connectivity index (χ3v) is 4.52. The van der Waals surface area contributed by atoms with E-state index in [2.05, 4.69) is 10.6 Å². The van der Waals surface area contributed by atoms with Gasteiger partial charge in [0.25, 0.3) is 0 Å². The van der Waals surface area contributed by atoms with Gasteiger partial charge in [0.1, 0.15) is 37.1 Å². The number of hydrogen-bond donors (Lipinski definition) is 2. The Bertz CT molecular complexity index is 964. The highest BCUT2D eigenvalue weighted by Gasteiger charge is 2.07. The standard InChI is InChI=1S/C26H30N2O5/c1-2-30-16-17-31-23-14-12-21(13-15-23)28-26(29)20-27-24-10-6-7-11-25(24)33-19-18-32-22-8-4-3-5-9-22/h3-15,27H,2,16-20H2,1H3,(H,28,29). The quantitative estimate of drug-likeness (QED) is 0.349. The van der Waals surface area contributed by atoms with Crippen LogP contribution in [-0.2, 0) is 9.53 Å². The minimum Gasteiger partial charge on any atom is -0.491 e. The van der Waals surface area contributed by atoms with E-state index in [4.69, 9.17) is 18.9 Å². The van der Waals surface area contributed by atoms with E-state index in [0.29, 0.717) is 44.5 Å². The maximum atomic E-state index is 12.4. The van der Waals surface area contributed by atoms with E-state index in [0.717, 1.165) is 17.2 Å². The van der Waals surface area contributed by atoms with Crippen LogP contribution in [0.4, 0.5) is 11.4 Å². The van der Waals surface area contributed by atoms with Crippen LogP contribution in [0.15, 0.2) is 78.9 Å². The lowest BCUT2D eigenvalue weighted by Gasteiger charge is -2.14. The molecule has 0 bridgehead atoms. The van der Waals surface area contributed by atoms with Gasteiger partial charge in [-0.25, -0.2) is 0 Å². The van der Waals surface area contributed by atoms with Crippen LogP contribution in [0, 0.1) is 0 Å². The highest BCUT2D eigenvalue weighted by Crippen LogP contribution is 2.23. The third-order valence-electron chi connectivity index (χ3n) is 4.52. The molecule has 33 heavy (non-hydrogen) atoms. The van der Waals surface area contributed by atoms with Crippen molar-refractivity contribution in [2.24, 2.45) is 0 Å². The van der Waals surface area contributed by atoms with E-state index in [-0.39, 0.29) is 12.5 Å². The first-order chi connectivity index (χ1) is 16.2. The predicted molar refractivity (Wildman–Crippen MR) is 129 cm³/mol. The second kappa shape index (κ2) is 13.6. The summed E-state index contributed by atoms with van der Waals surface area (Å²) in [5, 5.41) is 5.99. The normalized spacial score (nSPS) is 10.3. The first kappa shape index (κ1) is 23.9. The maximum absolute atomic E-state index is 12.4. The van der Waals surface area contributed by atoms with Crippen LogP contribution in [0.5, 0.6) is 17.2 Å². The number of nitrogens with one attached hydrogen (secondary N) is 2. The maximum Gasteiger partial charge on any atom is 0.243 e. The molecule has 0 radical (unpaired) electrons. The van der Waals surface area contributed by atoms with Crippen LogP contribution in [-0.4, -0.2) is 45.5 Å². The molecule has 0 aliphatic heterocycles. The van der Waals surface area contributed by atoms with E-state index in [1.165, 1.54) is 0 Å². The van der Waals surface area contributed by atoms with Crippen molar-refractivity contribution < 1.29 is 23.7 Å². The van der Waals surface area contributed by atoms with Crippen LogP contribution in [0.3, 0.4) is 0 Å². The summed E-state index contributed by atoms with van der Waals surface area (Å²) in [6.07, 6.45) is 0. The van der Waals surface area contributed by atoms with Gasteiger partial charge in [-0.3, -0.25) is 4.79 Å². The molecule has 7 nitrogen and oxygen atoms in total. The molecule has 3 aromatic rings. The number of para-hydroxylation sites is 3. The Morgan fingerprint density at radius 2 is 1.36 bits per heavy atom. The average molecular weight is 451 g/mol. The van der Waals surface area contributed by atoms with E-state index in [1.807, 2.05) is 73.7 Å². The van der Waals surface area contributed by atoms with E-state index >= 15 is 0 Å². The molecule has 2 N–H and O–H groups in total. The fraction of sp³-hybridized carbons (Fsp3) is 0.269. The lowest BCUT2D eigenvalue weighted by molar-refractivity contribution is -0.114. The summed E-state index contributed by atoms with van der Waals surface area (Å²) in [4.78, 5) is 12.4. The number of benzene rings is 3. The van der Waals surface area contributed by atoms with Crippen molar-refractivity contribution in [3.8, 4) is 17.2 Å². The first-order valence-corrected chi connectivity index (χ1v) is 11.0. The average Bonchev–Trinajstić information content (AvgIpc) is 2.85. The van der Waals surface area contributed by atoms with Crippen LogP contribution in [0.1, 0.15) is 6.92 Å². The predicted octanol–water partition coefficient (Wildman–Crippen LogP) is 4.61. The lowest BCUT2D eigenvalue weighted by Crippen LogP contribution is -2.22.